The fraction of sp³-hybridized carbons (Fsp3) is 0.286. The van der Waals surface area contributed by atoms with Gasteiger partial charge in [-0.2, -0.15) is 5.26 Å². The van der Waals surface area contributed by atoms with Crippen LogP contribution in [-0.2, 0) is 12.8 Å². The molecule has 0 saturated heterocycles. The molecule has 0 saturated carbocycles. The second-order valence-corrected chi connectivity index (χ2v) is 5.08. The van der Waals surface area contributed by atoms with Crippen molar-refractivity contribution in [1.29, 1.82) is 5.26 Å². The molecule has 18 heavy (non-hydrogen) atoms. The number of aryl methyl sites for hydroxylation is 1. The minimum Gasteiger partial charge on any atom is -0.493 e. The number of nitrogens with zero attached hydrogens (tertiary/aromatic N) is 2. The van der Waals surface area contributed by atoms with Crippen LogP contribution < -0.4 is 4.74 Å². The molecule has 1 aliphatic rings. The van der Waals surface area contributed by atoms with E-state index in [0.29, 0.717) is 6.42 Å². The number of thiazole rings is 1. The lowest BCUT2D eigenvalue weighted by molar-refractivity contribution is 0.357. The summed E-state index contributed by atoms with van der Waals surface area (Å²) in [7, 11) is 0. The summed E-state index contributed by atoms with van der Waals surface area (Å²) in [4.78, 5) is 4.57. The highest BCUT2D eigenvalue weighted by molar-refractivity contribution is 7.13. The van der Waals surface area contributed by atoms with Gasteiger partial charge in [0.05, 0.1) is 18.4 Å². The van der Waals surface area contributed by atoms with Crippen LogP contribution in [0.15, 0.2) is 23.6 Å². The molecule has 0 bridgehead atoms. The van der Waals surface area contributed by atoms with Gasteiger partial charge in [-0.25, -0.2) is 4.98 Å². The Morgan fingerprint density at radius 3 is 3.28 bits per heavy atom. The van der Waals surface area contributed by atoms with Crippen LogP contribution >= 0.6 is 11.3 Å². The maximum absolute atomic E-state index is 8.57. The predicted octanol–water partition coefficient (Wildman–Crippen LogP) is 3.20. The average molecular weight is 256 g/mol. The van der Waals surface area contributed by atoms with E-state index in [2.05, 4.69) is 23.2 Å². The van der Waals surface area contributed by atoms with Gasteiger partial charge in [-0.15, -0.1) is 11.3 Å². The number of hydrogen-bond acceptors (Lipinski definition) is 4. The second-order valence-electron chi connectivity index (χ2n) is 4.22. The molecule has 0 amide bonds. The Bertz CT molecular complexity index is 612. The third kappa shape index (κ3) is 2.09. The molecule has 0 fully saturated rings. The summed E-state index contributed by atoms with van der Waals surface area (Å²) >= 11 is 1.64. The van der Waals surface area contributed by atoms with Crippen LogP contribution in [0, 0.1) is 11.3 Å². The summed E-state index contributed by atoms with van der Waals surface area (Å²) in [5, 5.41) is 11.6. The van der Waals surface area contributed by atoms with Crippen molar-refractivity contribution in [1.82, 2.24) is 4.98 Å². The standard InChI is InChI=1S/C14H12N2OS/c15-6-1-2-12-9-18-14(16-12)11-3-4-13-10(8-11)5-7-17-13/h3-4,8-9H,1-2,5,7H2. The third-order valence-corrected chi connectivity index (χ3v) is 3.92. The summed E-state index contributed by atoms with van der Waals surface area (Å²) < 4.78 is 5.49. The number of aromatic nitrogens is 1. The number of rotatable bonds is 3. The SMILES string of the molecule is N#CCCc1csc(-c2ccc3c(c2)CCO3)n1. The maximum atomic E-state index is 8.57. The lowest BCUT2D eigenvalue weighted by atomic mass is 10.1. The molecular formula is C14H12N2OS. The topological polar surface area (TPSA) is 45.9 Å². The van der Waals surface area contributed by atoms with E-state index in [1.165, 1.54) is 5.56 Å². The molecule has 1 aliphatic heterocycles. The van der Waals surface area contributed by atoms with Gasteiger partial charge in [0.1, 0.15) is 10.8 Å². The van der Waals surface area contributed by atoms with E-state index >= 15 is 0 Å². The molecule has 2 aromatic rings. The largest absolute Gasteiger partial charge is 0.493 e. The minimum absolute atomic E-state index is 0.529. The van der Waals surface area contributed by atoms with Crippen molar-refractivity contribution < 1.29 is 4.74 Å². The Labute approximate surface area is 110 Å². The van der Waals surface area contributed by atoms with Crippen molar-refractivity contribution in [3.05, 3.63) is 34.8 Å². The van der Waals surface area contributed by atoms with Crippen LogP contribution in [0.4, 0.5) is 0 Å². The highest BCUT2D eigenvalue weighted by atomic mass is 32.1. The van der Waals surface area contributed by atoms with Crippen LogP contribution in [0.5, 0.6) is 5.75 Å². The molecule has 3 nitrogen and oxygen atoms in total. The van der Waals surface area contributed by atoms with Gasteiger partial charge in [0.2, 0.25) is 0 Å². The fourth-order valence-corrected chi connectivity index (χ4v) is 2.91. The lowest BCUT2D eigenvalue weighted by Crippen LogP contribution is -1.85. The van der Waals surface area contributed by atoms with Gasteiger partial charge in [0.25, 0.3) is 0 Å². The number of hydrogen-bond donors (Lipinski definition) is 0. The zero-order valence-corrected chi connectivity index (χ0v) is 10.7. The van der Waals surface area contributed by atoms with Crippen LogP contribution in [0.25, 0.3) is 10.6 Å². The van der Waals surface area contributed by atoms with Crippen LogP contribution in [0.1, 0.15) is 17.7 Å². The van der Waals surface area contributed by atoms with Crippen LogP contribution in [0.3, 0.4) is 0 Å². The van der Waals surface area contributed by atoms with E-state index in [9.17, 15) is 0 Å². The Hall–Kier alpha value is -1.86. The van der Waals surface area contributed by atoms with Crippen LogP contribution in [0.2, 0.25) is 0 Å². The van der Waals surface area contributed by atoms with Crippen molar-refractivity contribution in [2.75, 3.05) is 6.61 Å². The van der Waals surface area contributed by atoms with E-state index in [0.717, 1.165) is 41.5 Å². The minimum atomic E-state index is 0.529. The van der Waals surface area contributed by atoms with Gasteiger partial charge in [0.15, 0.2) is 0 Å². The number of ether oxygens (including phenoxy) is 1. The van der Waals surface area contributed by atoms with Gasteiger partial charge < -0.3 is 4.74 Å². The summed E-state index contributed by atoms with van der Waals surface area (Å²) in [5.41, 5.74) is 3.42. The molecule has 2 heterocycles. The van der Waals surface area contributed by atoms with Gasteiger partial charge in [-0.1, -0.05) is 0 Å². The molecule has 0 radical (unpaired) electrons. The van der Waals surface area contributed by atoms with Crippen molar-refractivity contribution in [2.45, 2.75) is 19.3 Å². The summed E-state index contributed by atoms with van der Waals surface area (Å²) in [6.45, 7) is 0.782. The van der Waals surface area contributed by atoms with Crippen LogP contribution in [-0.4, -0.2) is 11.6 Å². The first-order chi connectivity index (χ1) is 8.86. The third-order valence-electron chi connectivity index (χ3n) is 2.98. The normalized spacial score (nSPS) is 12.8. The fourth-order valence-electron chi connectivity index (χ4n) is 2.06. The molecule has 4 heteroatoms. The van der Waals surface area contributed by atoms with Gasteiger partial charge >= 0.3 is 0 Å². The zero-order valence-electron chi connectivity index (χ0n) is 9.85. The van der Waals surface area contributed by atoms with Gasteiger partial charge in [0, 0.05) is 30.2 Å². The summed E-state index contributed by atoms with van der Waals surface area (Å²) in [6.07, 6.45) is 2.25. The first-order valence-corrected chi connectivity index (χ1v) is 6.82. The predicted molar refractivity (Wildman–Crippen MR) is 70.7 cm³/mol. The Morgan fingerprint density at radius 2 is 2.39 bits per heavy atom. The van der Waals surface area contributed by atoms with Crippen molar-refractivity contribution in [3.63, 3.8) is 0 Å². The van der Waals surface area contributed by atoms with Gasteiger partial charge in [-0.3, -0.25) is 0 Å². The molecular weight excluding hydrogens is 244 g/mol. The zero-order chi connectivity index (χ0) is 12.4. The second kappa shape index (κ2) is 4.79. The highest BCUT2D eigenvalue weighted by Gasteiger charge is 2.13. The highest BCUT2D eigenvalue weighted by Crippen LogP contribution is 2.31. The molecule has 90 valence electrons. The number of fused-ring (bicyclic) bond motifs is 1. The molecule has 0 atom stereocenters. The van der Waals surface area contributed by atoms with E-state index in [1.54, 1.807) is 11.3 Å². The van der Waals surface area contributed by atoms with Gasteiger partial charge in [-0.05, 0) is 23.8 Å². The van der Waals surface area contributed by atoms with E-state index in [-0.39, 0.29) is 0 Å². The van der Waals surface area contributed by atoms with Crippen molar-refractivity contribution in [3.8, 4) is 22.4 Å². The van der Waals surface area contributed by atoms with Crippen molar-refractivity contribution >= 4 is 11.3 Å². The Balaban J connectivity index is 1.86. The Morgan fingerprint density at radius 1 is 1.44 bits per heavy atom. The first-order valence-electron chi connectivity index (χ1n) is 5.94. The molecule has 3 rings (SSSR count). The molecule has 0 aliphatic carbocycles. The average Bonchev–Trinajstić information content (AvgIpc) is 3.04. The smallest absolute Gasteiger partial charge is 0.123 e. The van der Waals surface area contributed by atoms with E-state index < -0.39 is 0 Å². The molecule has 0 unspecified atom stereocenters. The van der Waals surface area contributed by atoms with E-state index in [4.69, 9.17) is 10.00 Å². The monoisotopic (exact) mass is 256 g/mol. The van der Waals surface area contributed by atoms with E-state index in [1.807, 2.05) is 11.4 Å². The molecule has 1 aromatic heterocycles. The molecule has 0 N–H and O–H groups in total. The molecule has 1 aromatic carbocycles. The first kappa shape index (κ1) is 11.2. The lowest BCUT2D eigenvalue weighted by Gasteiger charge is -2.00. The number of nitriles is 1. The molecule has 0 spiro atoms. The Kier molecular flexibility index (Phi) is 2.99. The van der Waals surface area contributed by atoms with Crippen molar-refractivity contribution in [2.24, 2.45) is 0 Å². The maximum Gasteiger partial charge on any atom is 0.123 e. The summed E-state index contributed by atoms with van der Waals surface area (Å²) in [6, 6.07) is 8.38. The number of benzene rings is 1. The summed E-state index contributed by atoms with van der Waals surface area (Å²) in [5.74, 6) is 1.00. The quantitative estimate of drug-likeness (QED) is 0.847.